The van der Waals surface area contributed by atoms with Gasteiger partial charge in [0.25, 0.3) is 0 Å². The third-order valence-corrected chi connectivity index (χ3v) is 1.80. The van der Waals surface area contributed by atoms with Gasteiger partial charge in [-0.2, -0.15) is 5.26 Å². The van der Waals surface area contributed by atoms with E-state index in [-0.39, 0.29) is 0 Å². The van der Waals surface area contributed by atoms with Gasteiger partial charge in [-0.25, -0.2) is 4.98 Å². The lowest BCUT2D eigenvalue weighted by atomic mass is 10.3. The van der Waals surface area contributed by atoms with Gasteiger partial charge in [0.2, 0.25) is 0 Å². The van der Waals surface area contributed by atoms with Crippen molar-refractivity contribution in [1.82, 2.24) is 4.98 Å². The first-order valence-corrected chi connectivity index (χ1v) is 3.67. The van der Waals surface area contributed by atoms with Gasteiger partial charge >= 0.3 is 0 Å². The summed E-state index contributed by atoms with van der Waals surface area (Å²) in [5.41, 5.74) is 0.426. The van der Waals surface area contributed by atoms with Gasteiger partial charge in [0, 0.05) is 6.20 Å². The first-order chi connectivity index (χ1) is 5.29. The van der Waals surface area contributed by atoms with Crippen molar-refractivity contribution in [2.45, 2.75) is 0 Å². The Balaban J connectivity index is 3.27. The van der Waals surface area contributed by atoms with Crippen molar-refractivity contribution in [3.05, 3.63) is 22.4 Å². The molecular weight excluding hydrogens is 208 g/mol. The summed E-state index contributed by atoms with van der Waals surface area (Å²) in [4.78, 5) is 3.87. The second-order valence-electron chi connectivity index (χ2n) is 1.79. The minimum Gasteiger partial charge on any atom is -0.495 e. The number of methoxy groups -OCH3 is 1. The molecule has 0 bridgehead atoms. The van der Waals surface area contributed by atoms with Crippen LogP contribution in [0.3, 0.4) is 0 Å². The molecule has 0 N–H and O–H groups in total. The molecule has 1 aromatic heterocycles. The average molecular weight is 213 g/mol. The van der Waals surface area contributed by atoms with Crippen LogP contribution in [0.5, 0.6) is 5.75 Å². The number of nitrogens with zero attached hydrogens (tertiary/aromatic N) is 2. The predicted molar refractivity (Wildman–Crippen MR) is 43.2 cm³/mol. The Morgan fingerprint density at radius 3 is 2.91 bits per heavy atom. The van der Waals surface area contributed by atoms with E-state index in [1.165, 1.54) is 7.11 Å². The van der Waals surface area contributed by atoms with Crippen molar-refractivity contribution >= 4 is 15.9 Å². The lowest BCUT2D eigenvalue weighted by Crippen LogP contribution is -1.90. The second-order valence-corrected chi connectivity index (χ2v) is 2.54. The topological polar surface area (TPSA) is 45.9 Å². The Kier molecular flexibility index (Phi) is 2.44. The monoisotopic (exact) mass is 212 g/mol. The van der Waals surface area contributed by atoms with Crippen LogP contribution in [0.15, 0.2) is 16.9 Å². The normalized spacial score (nSPS) is 8.82. The zero-order valence-corrected chi connectivity index (χ0v) is 7.42. The quantitative estimate of drug-likeness (QED) is 0.667. The first-order valence-electron chi connectivity index (χ1n) is 2.88. The van der Waals surface area contributed by atoms with Gasteiger partial charge in [0.1, 0.15) is 22.0 Å². The van der Waals surface area contributed by atoms with Crippen molar-refractivity contribution in [3.63, 3.8) is 0 Å². The molecular formula is C7H5BrN2O. The number of aromatic nitrogens is 1. The highest BCUT2D eigenvalue weighted by Crippen LogP contribution is 2.22. The largest absolute Gasteiger partial charge is 0.495 e. The summed E-state index contributed by atoms with van der Waals surface area (Å²) < 4.78 is 5.44. The van der Waals surface area contributed by atoms with Gasteiger partial charge in [-0.1, -0.05) is 0 Å². The van der Waals surface area contributed by atoms with Gasteiger partial charge in [-0.15, -0.1) is 0 Å². The molecule has 0 radical (unpaired) electrons. The van der Waals surface area contributed by atoms with Crippen molar-refractivity contribution in [2.75, 3.05) is 7.11 Å². The van der Waals surface area contributed by atoms with E-state index in [1.807, 2.05) is 6.07 Å². The van der Waals surface area contributed by atoms with Crippen LogP contribution >= 0.6 is 15.9 Å². The van der Waals surface area contributed by atoms with E-state index in [9.17, 15) is 0 Å². The minimum absolute atomic E-state index is 0.426. The second kappa shape index (κ2) is 3.35. The van der Waals surface area contributed by atoms with Crippen molar-refractivity contribution < 1.29 is 4.74 Å². The Hall–Kier alpha value is -1.08. The van der Waals surface area contributed by atoms with Crippen LogP contribution in [0.2, 0.25) is 0 Å². The molecule has 1 rings (SSSR count). The highest BCUT2D eigenvalue weighted by Gasteiger charge is 2.05. The molecule has 0 aliphatic carbocycles. The van der Waals surface area contributed by atoms with Crippen LogP contribution in [0.4, 0.5) is 0 Å². The van der Waals surface area contributed by atoms with E-state index in [1.54, 1.807) is 12.3 Å². The van der Waals surface area contributed by atoms with Crippen molar-refractivity contribution in [1.29, 1.82) is 5.26 Å². The maximum Gasteiger partial charge on any atom is 0.140 e. The van der Waals surface area contributed by atoms with Crippen LogP contribution in [0.25, 0.3) is 0 Å². The molecule has 0 aliphatic rings. The maximum atomic E-state index is 8.63. The fraction of sp³-hybridized carbons (Fsp3) is 0.143. The zero-order valence-electron chi connectivity index (χ0n) is 5.84. The Bertz CT molecular complexity index is 306. The number of halogens is 1. The smallest absolute Gasteiger partial charge is 0.140 e. The molecule has 4 heteroatoms. The van der Waals surface area contributed by atoms with Crippen LogP contribution in [-0.2, 0) is 0 Å². The van der Waals surface area contributed by atoms with Crippen molar-refractivity contribution in [2.24, 2.45) is 0 Å². The van der Waals surface area contributed by atoms with E-state index < -0.39 is 0 Å². The number of ether oxygens (including phenoxy) is 1. The van der Waals surface area contributed by atoms with Crippen LogP contribution < -0.4 is 4.74 Å². The van der Waals surface area contributed by atoms with Gasteiger partial charge in [0.05, 0.1) is 7.11 Å². The van der Waals surface area contributed by atoms with E-state index in [0.29, 0.717) is 15.9 Å². The van der Waals surface area contributed by atoms with Gasteiger partial charge in [-0.05, 0) is 22.0 Å². The highest BCUT2D eigenvalue weighted by atomic mass is 79.9. The van der Waals surface area contributed by atoms with Gasteiger partial charge in [-0.3, -0.25) is 0 Å². The van der Waals surface area contributed by atoms with Crippen molar-refractivity contribution in [3.8, 4) is 11.8 Å². The molecule has 0 atom stereocenters. The highest BCUT2D eigenvalue weighted by molar-refractivity contribution is 9.10. The summed E-state index contributed by atoms with van der Waals surface area (Å²) in [5, 5.41) is 8.63. The molecule has 0 saturated heterocycles. The summed E-state index contributed by atoms with van der Waals surface area (Å²) in [6.07, 6.45) is 1.57. The zero-order chi connectivity index (χ0) is 8.27. The third-order valence-electron chi connectivity index (χ3n) is 1.20. The molecule has 0 unspecified atom stereocenters. The molecule has 0 aliphatic heterocycles. The van der Waals surface area contributed by atoms with Crippen LogP contribution in [0.1, 0.15) is 5.56 Å². The summed E-state index contributed by atoms with van der Waals surface area (Å²) in [6.45, 7) is 0. The molecule has 0 fully saturated rings. The Morgan fingerprint density at radius 2 is 2.45 bits per heavy atom. The first kappa shape index (κ1) is 8.02. The molecule has 1 heterocycles. The van der Waals surface area contributed by atoms with E-state index in [2.05, 4.69) is 20.9 Å². The van der Waals surface area contributed by atoms with Gasteiger partial charge < -0.3 is 4.74 Å². The number of hydrogen-bond donors (Lipinski definition) is 0. The summed E-state index contributed by atoms with van der Waals surface area (Å²) in [5.74, 6) is 0.536. The fourth-order valence-electron chi connectivity index (χ4n) is 0.691. The van der Waals surface area contributed by atoms with Gasteiger partial charge in [0.15, 0.2) is 0 Å². The molecule has 0 saturated carbocycles. The molecule has 0 aromatic carbocycles. The summed E-state index contributed by atoms with van der Waals surface area (Å²) in [6, 6.07) is 3.62. The minimum atomic E-state index is 0.426. The number of rotatable bonds is 1. The van der Waals surface area contributed by atoms with Crippen LogP contribution in [-0.4, -0.2) is 12.1 Å². The lowest BCUT2D eigenvalue weighted by Gasteiger charge is -2.01. The Labute approximate surface area is 72.8 Å². The van der Waals surface area contributed by atoms with E-state index in [0.717, 1.165) is 0 Å². The lowest BCUT2D eigenvalue weighted by molar-refractivity contribution is 0.412. The number of pyridine rings is 1. The van der Waals surface area contributed by atoms with E-state index in [4.69, 9.17) is 10.00 Å². The Morgan fingerprint density at radius 1 is 1.73 bits per heavy atom. The summed E-state index contributed by atoms with van der Waals surface area (Å²) >= 11 is 3.13. The van der Waals surface area contributed by atoms with E-state index >= 15 is 0 Å². The molecule has 0 spiro atoms. The average Bonchev–Trinajstić information content (AvgIpc) is 2.04. The molecule has 11 heavy (non-hydrogen) atoms. The van der Waals surface area contributed by atoms with Crippen LogP contribution in [0, 0.1) is 11.3 Å². The maximum absolute atomic E-state index is 8.63. The molecule has 3 nitrogen and oxygen atoms in total. The SMILES string of the molecule is COc1ccnc(Br)c1C#N. The predicted octanol–water partition coefficient (Wildman–Crippen LogP) is 1.72. The third kappa shape index (κ3) is 1.49. The summed E-state index contributed by atoms with van der Waals surface area (Å²) in [7, 11) is 1.52. The fourth-order valence-corrected chi connectivity index (χ4v) is 1.09. The number of hydrogen-bond acceptors (Lipinski definition) is 3. The molecule has 0 amide bonds. The molecule has 56 valence electrons. The number of nitriles is 1. The molecule has 1 aromatic rings. The standard InChI is InChI=1S/C7H5BrN2O/c1-11-6-2-3-10-7(8)5(6)4-9/h2-3H,1H3.